The van der Waals surface area contributed by atoms with Crippen LogP contribution in [0.1, 0.15) is 45.7 Å². The van der Waals surface area contributed by atoms with Gasteiger partial charge in [0.05, 0.1) is 12.1 Å². The second-order valence-electron chi connectivity index (χ2n) is 5.39. The summed E-state index contributed by atoms with van der Waals surface area (Å²) in [5, 5.41) is 3.13. The average Bonchev–Trinajstić information content (AvgIpc) is 2.78. The molecule has 2 rings (SSSR count). The number of nitrogens with one attached hydrogen (secondary N) is 1. The number of rotatable bonds is 4. The molecular weight excluding hydrogens is 248 g/mol. The van der Waals surface area contributed by atoms with E-state index in [0.29, 0.717) is 5.92 Å². The third-order valence-corrected chi connectivity index (χ3v) is 3.51. The predicted molar refractivity (Wildman–Crippen MR) is 84.5 cm³/mol. The number of nitrogens with zero attached hydrogens (tertiary/aromatic N) is 1. The molecule has 3 nitrogen and oxygen atoms in total. The van der Waals surface area contributed by atoms with Gasteiger partial charge in [-0.15, -0.1) is 0 Å². The van der Waals surface area contributed by atoms with Crippen molar-refractivity contribution in [2.24, 2.45) is 5.92 Å². The maximum absolute atomic E-state index is 12.3. The first-order chi connectivity index (χ1) is 9.63. The van der Waals surface area contributed by atoms with Crippen molar-refractivity contribution in [3.63, 3.8) is 0 Å². The lowest BCUT2D eigenvalue weighted by molar-refractivity contribution is -0.131. The molecule has 20 heavy (non-hydrogen) atoms. The number of likely N-dealkylation sites (tertiary alicyclic amines) is 1. The molecular formula is C17H28N2O. The van der Waals surface area contributed by atoms with Gasteiger partial charge >= 0.3 is 0 Å². The van der Waals surface area contributed by atoms with Crippen LogP contribution in [-0.4, -0.2) is 30.4 Å². The van der Waals surface area contributed by atoms with Gasteiger partial charge in [-0.1, -0.05) is 58.0 Å². The first kappa shape index (κ1) is 16.7. The number of amides is 1. The first-order valence-electron chi connectivity index (χ1n) is 7.66. The Morgan fingerprint density at radius 1 is 1.25 bits per heavy atom. The largest absolute Gasteiger partial charge is 0.334 e. The molecule has 1 saturated heterocycles. The molecule has 1 amide bonds. The quantitative estimate of drug-likeness (QED) is 0.915. The molecule has 0 aliphatic carbocycles. The highest BCUT2D eigenvalue weighted by molar-refractivity contribution is 5.84. The van der Waals surface area contributed by atoms with E-state index in [9.17, 15) is 4.79 Å². The lowest BCUT2D eigenvalue weighted by Gasteiger charge is -2.26. The van der Waals surface area contributed by atoms with E-state index in [1.165, 1.54) is 5.56 Å². The fourth-order valence-electron chi connectivity index (χ4n) is 2.65. The highest BCUT2D eigenvalue weighted by Crippen LogP contribution is 2.33. The molecule has 0 saturated carbocycles. The predicted octanol–water partition coefficient (Wildman–Crippen LogP) is 3.23. The van der Waals surface area contributed by atoms with Crippen LogP contribution in [0.2, 0.25) is 0 Å². The maximum Gasteiger partial charge on any atom is 0.240 e. The first-order valence-corrected chi connectivity index (χ1v) is 7.66. The summed E-state index contributed by atoms with van der Waals surface area (Å²) in [6.07, 6.45) is 0.867. The van der Waals surface area contributed by atoms with Crippen molar-refractivity contribution >= 4 is 5.91 Å². The molecule has 1 aliphatic heterocycles. The zero-order valence-corrected chi connectivity index (χ0v) is 13.4. The summed E-state index contributed by atoms with van der Waals surface area (Å²) < 4.78 is 0. The summed E-state index contributed by atoms with van der Waals surface area (Å²) in [6.45, 7) is 9.14. The van der Waals surface area contributed by atoms with Gasteiger partial charge in [0, 0.05) is 6.54 Å². The SMILES string of the molecule is CC.CN[C@H]1C[C@@H](c2ccccc2)N(CC(C)C)C1=O. The van der Waals surface area contributed by atoms with Crippen molar-refractivity contribution in [1.29, 1.82) is 0 Å². The number of benzene rings is 1. The highest BCUT2D eigenvalue weighted by atomic mass is 16.2. The summed E-state index contributed by atoms with van der Waals surface area (Å²) in [4.78, 5) is 14.3. The maximum atomic E-state index is 12.3. The molecule has 2 atom stereocenters. The molecule has 0 aromatic heterocycles. The molecule has 1 fully saturated rings. The lowest BCUT2D eigenvalue weighted by Crippen LogP contribution is -2.38. The van der Waals surface area contributed by atoms with E-state index in [0.717, 1.165) is 13.0 Å². The van der Waals surface area contributed by atoms with E-state index < -0.39 is 0 Å². The summed E-state index contributed by atoms with van der Waals surface area (Å²) in [7, 11) is 1.86. The van der Waals surface area contributed by atoms with Crippen molar-refractivity contribution < 1.29 is 4.79 Å². The summed E-state index contributed by atoms with van der Waals surface area (Å²) in [5.74, 6) is 0.732. The second kappa shape index (κ2) is 8.05. The molecule has 0 unspecified atom stereocenters. The van der Waals surface area contributed by atoms with Gasteiger partial charge in [0.25, 0.3) is 0 Å². The third-order valence-electron chi connectivity index (χ3n) is 3.51. The van der Waals surface area contributed by atoms with Crippen LogP contribution in [0.5, 0.6) is 0 Å². The zero-order valence-electron chi connectivity index (χ0n) is 13.4. The van der Waals surface area contributed by atoms with Gasteiger partial charge < -0.3 is 10.2 Å². The molecule has 0 radical (unpaired) electrons. The Labute approximate surface area is 123 Å². The van der Waals surface area contributed by atoms with Crippen LogP contribution in [0.15, 0.2) is 30.3 Å². The van der Waals surface area contributed by atoms with Crippen molar-refractivity contribution in [3.05, 3.63) is 35.9 Å². The van der Waals surface area contributed by atoms with E-state index in [-0.39, 0.29) is 18.0 Å². The fourth-order valence-corrected chi connectivity index (χ4v) is 2.65. The van der Waals surface area contributed by atoms with Crippen LogP contribution in [-0.2, 0) is 4.79 Å². The summed E-state index contributed by atoms with van der Waals surface area (Å²) >= 11 is 0. The molecule has 0 bridgehead atoms. The molecule has 3 heteroatoms. The average molecular weight is 276 g/mol. The van der Waals surface area contributed by atoms with E-state index >= 15 is 0 Å². The van der Waals surface area contributed by atoms with Crippen molar-refractivity contribution in [2.45, 2.75) is 46.2 Å². The smallest absolute Gasteiger partial charge is 0.240 e. The van der Waals surface area contributed by atoms with Crippen molar-refractivity contribution in [3.8, 4) is 0 Å². The van der Waals surface area contributed by atoms with E-state index in [4.69, 9.17) is 0 Å². The van der Waals surface area contributed by atoms with Crippen LogP contribution in [0, 0.1) is 5.92 Å². The molecule has 1 N–H and O–H groups in total. The number of carbonyl (C=O) groups is 1. The van der Waals surface area contributed by atoms with Gasteiger partial charge in [-0.2, -0.15) is 0 Å². The Morgan fingerprint density at radius 3 is 2.35 bits per heavy atom. The molecule has 112 valence electrons. The standard InChI is InChI=1S/C15H22N2O.C2H6/c1-11(2)10-17-14(9-13(16-3)15(17)18)12-7-5-4-6-8-12;1-2/h4-8,11,13-14,16H,9-10H2,1-3H3;1-2H3/t13-,14-;/m0./s1. The van der Waals surface area contributed by atoms with Crippen LogP contribution >= 0.6 is 0 Å². The zero-order chi connectivity index (χ0) is 15.1. The van der Waals surface area contributed by atoms with Gasteiger partial charge in [0.15, 0.2) is 0 Å². The highest BCUT2D eigenvalue weighted by Gasteiger charge is 2.39. The molecule has 0 spiro atoms. The Hall–Kier alpha value is -1.35. The van der Waals surface area contributed by atoms with Gasteiger partial charge in [-0.3, -0.25) is 4.79 Å². The normalized spacial score (nSPS) is 21.9. The van der Waals surface area contributed by atoms with Crippen molar-refractivity contribution in [2.75, 3.05) is 13.6 Å². The molecule has 1 aliphatic rings. The van der Waals surface area contributed by atoms with Crippen LogP contribution in [0.3, 0.4) is 0 Å². The van der Waals surface area contributed by atoms with Gasteiger partial charge in [0.1, 0.15) is 0 Å². The van der Waals surface area contributed by atoms with E-state index in [2.05, 4.69) is 31.3 Å². The minimum absolute atomic E-state index is 0.0334. The molecule has 1 aromatic carbocycles. The number of hydrogen-bond acceptors (Lipinski definition) is 2. The van der Waals surface area contributed by atoms with E-state index in [1.807, 2.05) is 44.0 Å². The molecule has 1 heterocycles. The number of carbonyl (C=O) groups excluding carboxylic acids is 1. The lowest BCUT2D eigenvalue weighted by atomic mass is 10.0. The Kier molecular flexibility index (Phi) is 6.73. The Balaban J connectivity index is 0.000000956. The minimum atomic E-state index is -0.0334. The summed E-state index contributed by atoms with van der Waals surface area (Å²) in [5.41, 5.74) is 1.24. The van der Waals surface area contributed by atoms with Crippen LogP contribution in [0.4, 0.5) is 0 Å². The van der Waals surface area contributed by atoms with Gasteiger partial charge in [-0.25, -0.2) is 0 Å². The number of hydrogen-bond donors (Lipinski definition) is 1. The summed E-state index contributed by atoms with van der Waals surface area (Å²) in [6, 6.07) is 10.5. The fraction of sp³-hybridized carbons (Fsp3) is 0.588. The molecule has 1 aromatic rings. The topological polar surface area (TPSA) is 32.3 Å². The van der Waals surface area contributed by atoms with Gasteiger partial charge in [0.2, 0.25) is 5.91 Å². The minimum Gasteiger partial charge on any atom is -0.334 e. The monoisotopic (exact) mass is 276 g/mol. The number of likely N-dealkylation sites (N-methyl/N-ethyl adjacent to an activating group) is 1. The van der Waals surface area contributed by atoms with Crippen LogP contribution in [0.25, 0.3) is 0 Å². The van der Waals surface area contributed by atoms with Gasteiger partial charge in [-0.05, 0) is 24.9 Å². The second-order valence-corrected chi connectivity index (χ2v) is 5.39. The van der Waals surface area contributed by atoms with Crippen LogP contribution < -0.4 is 5.32 Å². The third kappa shape index (κ3) is 3.83. The Morgan fingerprint density at radius 2 is 1.85 bits per heavy atom. The Bertz CT molecular complexity index is 403. The van der Waals surface area contributed by atoms with E-state index in [1.54, 1.807) is 0 Å². The van der Waals surface area contributed by atoms with Crippen molar-refractivity contribution in [1.82, 2.24) is 10.2 Å².